The molecule has 2 heteroatoms. The molecule has 0 unspecified atom stereocenters. The molecule has 2 aromatic rings. The van der Waals surface area contributed by atoms with Gasteiger partial charge in [0.2, 0.25) is 0 Å². The first kappa shape index (κ1) is 16.3. The Morgan fingerprint density at radius 1 is 0.864 bits per heavy atom. The summed E-state index contributed by atoms with van der Waals surface area (Å²) in [6.07, 6.45) is 3.95. The van der Waals surface area contributed by atoms with Crippen LogP contribution in [0.25, 0.3) is 11.1 Å². The number of carbonyl (C=O) groups excluding carboxylic acids is 1. The molecular weight excluding hydrogens is 272 g/mol. The molecule has 0 atom stereocenters. The average molecular weight is 296 g/mol. The molecule has 0 heterocycles. The summed E-state index contributed by atoms with van der Waals surface area (Å²) in [6, 6.07) is 16.9. The molecule has 0 spiro atoms. The van der Waals surface area contributed by atoms with Gasteiger partial charge in [-0.05, 0) is 42.0 Å². The topological polar surface area (TPSA) is 26.3 Å². The van der Waals surface area contributed by atoms with E-state index in [1.54, 1.807) is 0 Å². The van der Waals surface area contributed by atoms with Crippen molar-refractivity contribution in [3.8, 4) is 11.1 Å². The first-order valence-corrected chi connectivity index (χ1v) is 8.06. The minimum absolute atomic E-state index is 0.171. The smallest absolute Gasteiger partial charge is 0.310 e. The van der Waals surface area contributed by atoms with Crippen molar-refractivity contribution in [2.75, 3.05) is 6.61 Å². The Hall–Kier alpha value is -2.09. The van der Waals surface area contributed by atoms with Gasteiger partial charge < -0.3 is 4.74 Å². The molecule has 0 fully saturated rings. The van der Waals surface area contributed by atoms with E-state index in [1.807, 2.05) is 19.1 Å². The van der Waals surface area contributed by atoms with Crippen molar-refractivity contribution < 1.29 is 9.53 Å². The number of esters is 1. The van der Waals surface area contributed by atoms with Crippen LogP contribution in [0.2, 0.25) is 0 Å². The molecule has 0 bridgehead atoms. The van der Waals surface area contributed by atoms with Gasteiger partial charge in [-0.2, -0.15) is 0 Å². The Kier molecular flexibility index (Phi) is 6.20. The van der Waals surface area contributed by atoms with E-state index in [1.165, 1.54) is 29.5 Å². The summed E-state index contributed by atoms with van der Waals surface area (Å²) in [4.78, 5) is 11.5. The molecule has 22 heavy (non-hydrogen) atoms. The minimum atomic E-state index is -0.171. The van der Waals surface area contributed by atoms with Crippen LogP contribution in [0.15, 0.2) is 48.5 Å². The van der Waals surface area contributed by atoms with Crippen LogP contribution in [0.5, 0.6) is 0 Å². The second-order valence-corrected chi connectivity index (χ2v) is 5.48. The lowest BCUT2D eigenvalue weighted by atomic mass is 10.0. The highest BCUT2D eigenvalue weighted by atomic mass is 16.5. The number of ether oxygens (including phenoxy) is 1. The van der Waals surface area contributed by atoms with E-state index in [-0.39, 0.29) is 5.97 Å². The summed E-state index contributed by atoms with van der Waals surface area (Å²) in [6.45, 7) is 4.47. The molecule has 0 N–H and O–H groups in total. The number of benzene rings is 2. The lowest BCUT2D eigenvalue weighted by Gasteiger charge is -2.06. The first-order valence-electron chi connectivity index (χ1n) is 8.06. The van der Waals surface area contributed by atoms with Crippen molar-refractivity contribution in [3.05, 3.63) is 59.7 Å². The van der Waals surface area contributed by atoms with Crippen LogP contribution in [-0.2, 0) is 22.4 Å². The van der Waals surface area contributed by atoms with Crippen LogP contribution in [0.4, 0.5) is 0 Å². The maximum absolute atomic E-state index is 11.5. The predicted molar refractivity (Wildman–Crippen MR) is 90.8 cm³/mol. The number of rotatable bonds is 7. The average Bonchev–Trinajstić information content (AvgIpc) is 2.54. The SMILES string of the molecule is CCCCc1ccc(-c2ccc(CC(=O)OCC)cc2)cc1. The van der Waals surface area contributed by atoms with E-state index < -0.39 is 0 Å². The van der Waals surface area contributed by atoms with Crippen molar-refractivity contribution in [2.45, 2.75) is 39.5 Å². The second kappa shape index (κ2) is 8.38. The molecule has 0 saturated carbocycles. The minimum Gasteiger partial charge on any atom is -0.466 e. The molecule has 116 valence electrons. The molecule has 0 radical (unpaired) electrons. The van der Waals surface area contributed by atoms with Gasteiger partial charge in [-0.25, -0.2) is 0 Å². The molecule has 0 aliphatic heterocycles. The van der Waals surface area contributed by atoms with Crippen LogP contribution >= 0.6 is 0 Å². The van der Waals surface area contributed by atoms with E-state index >= 15 is 0 Å². The number of hydrogen-bond donors (Lipinski definition) is 0. The van der Waals surface area contributed by atoms with Crippen LogP contribution in [-0.4, -0.2) is 12.6 Å². The molecule has 0 saturated heterocycles. The molecule has 0 amide bonds. The molecule has 0 aliphatic carbocycles. The van der Waals surface area contributed by atoms with Crippen molar-refractivity contribution in [2.24, 2.45) is 0 Å². The largest absolute Gasteiger partial charge is 0.466 e. The van der Waals surface area contributed by atoms with Gasteiger partial charge in [-0.3, -0.25) is 4.79 Å². The van der Waals surface area contributed by atoms with Crippen LogP contribution < -0.4 is 0 Å². The molecule has 2 nitrogen and oxygen atoms in total. The van der Waals surface area contributed by atoms with Gasteiger partial charge in [0.1, 0.15) is 0 Å². The monoisotopic (exact) mass is 296 g/mol. The maximum atomic E-state index is 11.5. The van der Waals surface area contributed by atoms with E-state index in [2.05, 4.69) is 43.3 Å². The van der Waals surface area contributed by atoms with Crippen LogP contribution in [0, 0.1) is 0 Å². The summed E-state index contributed by atoms with van der Waals surface area (Å²) in [5.41, 5.74) is 4.77. The van der Waals surface area contributed by atoms with Gasteiger partial charge in [0.05, 0.1) is 13.0 Å². The maximum Gasteiger partial charge on any atom is 0.310 e. The zero-order chi connectivity index (χ0) is 15.8. The number of unbranched alkanes of at least 4 members (excludes halogenated alkanes) is 1. The van der Waals surface area contributed by atoms with Crippen LogP contribution in [0.3, 0.4) is 0 Å². The Balaban J connectivity index is 2.02. The fourth-order valence-electron chi connectivity index (χ4n) is 2.44. The highest BCUT2D eigenvalue weighted by molar-refractivity contribution is 5.73. The third kappa shape index (κ3) is 4.73. The van der Waals surface area contributed by atoms with E-state index in [0.29, 0.717) is 13.0 Å². The highest BCUT2D eigenvalue weighted by Gasteiger charge is 2.04. The molecule has 0 aliphatic rings. The Morgan fingerprint density at radius 2 is 1.41 bits per heavy atom. The summed E-state index contributed by atoms with van der Waals surface area (Å²) < 4.78 is 4.97. The van der Waals surface area contributed by atoms with Gasteiger partial charge in [0.15, 0.2) is 0 Å². The second-order valence-electron chi connectivity index (χ2n) is 5.48. The van der Waals surface area contributed by atoms with Gasteiger partial charge in [0.25, 0.3) is 0 Å². The van der Waals surface area contributed by atoms with Crippen molar-refractivity contribution in [1.82, 2.24) is 0 Å². The predicted octanol–water partition coefficient (Wildman–Crippen LogP) is 4.80. The van der Waals surface area contributed by atoms with Gasteiger partial charge in [-0.1, -0.05) is 61.9 Å². The number of hydrogen-bond acceptors (Lipinski definition) is 2. The first-order chi connectivity index (χ1) is 10.7. The zero-order valence-electron chi connectivity index (χ0n) is 13.5. The fourth-order valence-corrected chi connectivity index (χ4v) is 2.44. The highest BCUT2D eigenvalue weighted by Crippen LogP contribution is 2.21. The summed E-state index contributed by atoms with van der Waals surface area (Å²) in [5.74, 6) is -0.171. The Bertz CT molecular complexity index is 582. The van der Waals surface area contributed by atoms with Crippen molar-refractivity contribution in [3.63, 3.8) is 0 Å². The van der Waals surface area contributed by atoms with Gasteiger partial charge in [-0.15, -0.1) is 0 Å². The summed E-state index contributed by atoms with van der Waals surface area (Å²) >= 11 is 0. The molecule has 0 aromatic heterocycles. The molecule has 2 aromatic carbocycles. The molecule has 2 rings (SSSR count). The Morgan fingerprint density at radius 3 is 1.91 bits per heavy atom. The number of carbonyl (C=O) groups is 1. The lowest BCUT2D eigenvalue weighted by Crippen LogP contribution is -2.07. The third-order valence-corrected chi connectivity index (χ3v) is 3.71. The summed E-state index contributed by atoms with van der Waals surface area (Å²) in [7, 11) is 0. The van der Waals surface area contributed by atoms with Crippen LogP contribution in [0.1, 0.15) is 37.8 Å². The lowest BCUT2D eigenvalue weighted by molar-refractivity contribution is -0.142. The van der Waals surface area contributed by atoms with E-state index in [4.69, 9.17) is 4.74 Å². The standard InChI is InChI=1S/C20H24O2/c1-3-5-6-16-7-11-18(12-8-16)19-13-9-17(10-14-19)15-20(21)22-4-2/h7-14H,3-6,15H2,1-2H3. The van der Waals surface area contributed by atoms with Crippen molar-refractivity contribution >= 4 is 5.97 Å². The normalized spacial score (nSPS) is 10.5. The zero-order valence-corrected chi connectivity index (χ0v) is 13.5. The van der Waals surface area contributed by atoms with E-state index in [9.17, 15) is 4.79 Å². The third-order valence-electron chi connectivity index (χ3n) is 3.71. The molecular formula is C20H24O2. The fraction of sp³-hybridized carbons (Fsp3) is 0.350. The van der Waals surface area contributed by atoms with Gasteiger partial charge in [0, 0.05) is 0 Å². The summed E-state index contributed by atoms with van der Waals surface area (Å²) in [5, 5.41) is 0. The van der Waals surface area contributed by atoms with Crippen molar-refractivity contribution in [1.29, 1.82) is 0 Å². The van der Waals surface area contributed by atoms with E-state index in [0.717, 1.165) is 12.0 Å². The Labute approximate surface area is 133 Å². The number of aryl methyl sites for hydroxylation is 1. The van der Waals surface area contributed by atoms with Gasteiger partial charge >= 0.3 is 5.97 Å². The quantitative estimate of drug-likeness (QED) is 0.686.